The summed E-state index contributed by atoms with van der Waals surface area (Å²) in [6.07, 6.45) is -4.35. The zero-order valence-electron chi connectivity index (χ0n) is 19.6. The maximum atomic E-state index is 12.9. The monoisotopic (exact) mass is 514 g/mol. The Kier molecular flexibility index (Phi) is 5.96. The standard InChI is InChI=1S/C29H21F3N4S/c30-29(31,32)21-16-14-20(15-17-21)19-37-28-34-33-27(36(28)22-8-2-1-3-9-22)18-35-25-12-6-4-10-23(25)24-11-5-7-13-26(24)35/h1-17H,18-19H2. The lowest BCUT2D eigenvalue weighted by Gasteiger charge is -2.12. The van der Waals surface area contributed by atoms with Gasteiger partial charge in [0.05, 0.1) is 12.1 Å². The average Bonchev–Trinajstić information content (AvgIpc) is 3.47. The third-order valence-corrected chi connectivity index (χ3v) is 7.34. The molecule has 4 nitrogen and oxygen atoms in total. The van der Waals surface area contributed by atoms with Crippen LogP contribution in [-0.4, -0.2) is 19.3 Å². The third kappa shape index (κ3) is 4.49. The van der Waals surface area contributed by atoms with E-state index in [1.807, 2.05) is 59.2 Å². The molecule has 2 aromatic heterocycles. The van der Waals surface area contributed by atoms with Gasteiger partial charge in [-0.25, -0.2) is 0 Å². The number of thioether (sulfide) groups is 1. The van der Waals surface area contributed by atoms with Crippen LogP contribution in [0.3, 0.4) is 0 Å². The van der Waals surface area contributed by atoms with Crippen molar-refractivity contribution < 1.29 is 13.2 Å². The Morgan fingerprint density at radius 1 is 0.676 bits per heavy atom. The maximum Gasteiger partial charge on any atom is 0.416 e. The van der Waals surface area contributed by atoms with Gasteiger partial charge in [0.2, 0.25) is 0 Å². The number of benzene rings is 4. The minimum atomic E-state index is -4.35. The summed E-state index contributed by atoms with van der Waals surface area (Å²) in [5, 5.41) is 12.1. The summed E-state index contributed by atoms with van der Waals surface area (Å²) < 4.78 is 43.1. The Bertz CT molecular complexity index is 1630. The van der Waals surface area contributed by atoms with Crippen molar-refractivity contribution in [1.29, 1.82) is 0 Å². The Labute approximate surface area is 215 Å². The van der Waals surface area contributed by atoms with Gasteiger partial charge in [0.1, 0.15) is 0 Å². The second kappa shape index (κ2) is 9.44. The molecule has 0 saturated carbocycles. The minimum absolute atomic E-state index is 0.471. The van der Waals surface area contributed by atoms with Crippen molar-refractivity contribution in [2.45, 2.75) is 23.6 Å². The largest absolute Gasteiger partial charge is 0.416 e. The second-order valence-electron chi connectivity index (χ2n) is 8.67. The number of fused-ring (bicyclic) bond motifs is 3. The minimum Gasteiger partial charge on any atom is -0.333 e. The molecule has 4 aromatic carbocycles. The molecule has 6 aromatic rings. The molecular formula is C29H21F3N4S. The normalized spacial score (nSPS) is 12.0. The van der Waals surface area contributed by atoms with Gasteiger partial charge in [0, 0.05) is 33.2 Å². The van der Waals surface area contributed by atoms with Gasteiger partial charge < -0.3 is 4.57 Å². The van der Waals surface area contributed by atoms with E-state index in [1.165, 1.54) is 34.7 Å². The summed E-state index contributed by atoms with van der Waals surface area (Å²) in [5.74, 6) is 1.24. The number of alkyl halides is 3. The van der Waals surface area contributed by atoms with E-state index in [2.05, 4.69) is 39.0 Å². The van der Waals surface area contributed by atoms with Crippen LogP contribution in [-0.2, 0) is 18.5 Å². The Morgan fingerprint density at radius 3 is 1.89 bits per heavy atom. The SMILES string of the molecule is FC(F)(F)c1ccc(CSc2nnc(Cn3c4ccccc4c4ccccc43)n2-c2ccccc2)cc1. The molecule has 0 aliphatic heterocycles. The van der Waals surface area contributed by atoms with E-state index >= 15 is 0 Å². The number of hydrogen-bond acceptors (Lipinski definition) is 3. The van der Waals surface area contributed by atoms with Gasteiger partial charge in [-0.3, -0.25) is 4.57 Å². The second-order valence-corrected chi connectivity index (χ2v) is 9.62. The number of hydrogen-bond donors (Lipinski definition) is 0. The molecule has 0 bridgehead atoms. The predicted molar refractivity (Wildman–Crippen MR) is 141 cm³/mol. The number of nitrogens with zero attached hydrogens (tertiary/aromatic N) is 4. The van der Waals surface area contributed by atoms with E-state index in [0.717, 1.165) is 40.2 Å². The number of para-hydroxylation sites is 3. The van der Waals surface area contributed by atoms with Crippen molar-refractivity contribution >= 4 is 33.6 Å². The van der Waals surface area contributed by atoms with Crippen LogP contribution >= 0.6 is 11.8 Å². The highest BCUT2D eigenvalue weighted by atomic mass is 32.2. The molecule has 0 radical (unpaired) electrons. The van der Waals surface area contributed by atoms with E-state index in [4.69, 9.17) is 0 Å². The third-order valence-electron chi connectivity index (χ3n) is 6.34. The van der Waals surface area contributed by atoms with Crippen LogP contribution in [0.25, 0.3) is 27.5 Å². The zero-order chi connectivity index (χ0) is 25.4. The number of aromatic nitrogens is 4. The van der Waals surface area contributed by atoms with Gasteiger partial charge in [-0.2, -0.15) is 13.2 Å². The fraction of sp³-hybridized carbons (Fsp3) is 0.103. The lowest BCUT2D eigenvalue weighted by Crippen LogP contribution is -2.08. The van der Waals surface area contributed by atoms with E-state index in [1.54, 1.807) is 0 Å². The molecule has 0 amide bonds. The smallest absolute Gasteiger partial charge is 0.333 e. The molecule has 0 saturated heterocycles. The van der Waals surface area contributed by atoms with Crippen LogP contribution in [0.2, 0.25) is 0 Å². The Morgan fingerprint density at radius 2 is 1.27 bits per heavy atom. The molecule has 37 heavy (non-hydrogen) atoms. The van der Waals surface area contributed by atoms with Crippen molar-refractivity contribution in [2.75, 3.05) is 0 Å². The summed E-state index contributed by atoms with van der Waals surface area (Å²) in [6.45, 7) is 0.511. The molecule has 0 atom stereocenters. The summed E-state index contributed by atoms with van der Waals surface area (Å²) in [7, 11) is 0. The topological polar surface area (TPSA) is 35.6 Å². The van der Waals surface area contributed by atoms with Gasteiger partial charge >= 0.3 is 6.18 Å². The first kappa shape index (κ1) is 23.4. The van der Waals surface area contributed by atoms with Crippen LogP contribution < -0.4 is 0 Å². The van der Waals surface area contributed by atoms with Crippen LogP contribution in [0, 0.1) is 0 Å². The average molecular weight is 515 g/mol. The van der Waals surface area contributed by atoms with Gasteiger partial charge in [-0.05, 0) is 42.0 Å². The number of rotatable bonds is 6. The molecule has 0 aliphatic carbocycles. The first-order valence-corrected chi connectivity index (χ1v) is 12.7. The summed E-state index contributed by atoms with van der Waals surface area (Å²) >= 11 is 1.45. The van der Waals surface area contributed by atoms with Crippen molar-refractivity contribution in [3.63, 3.8) is 0 Å². The van der Waals surface area contributed by atoms with Crippen molar-refractivity contribution in [2.24, 2.45) is 0 Å². The Balaban J connectivity index is 1.37. The summed E-state index contributed by atoms with van der Waals surface area (Å²) in [5.41, 5.74) is 3.29. The van der Waals surface area contributed by atoms with Crippen LogP contribution in [0.1, 0.15) is 17.0 Å². The zero-order valence-corrected chi connectivity index (χ0v) is 20.4. The fourth-order valence-electron chi connectivity index (χ4n) is 4.59. The highest BCUT2D eigenvalue weighted by Gasteiger charge is 2.30. The quantitative estimate of drug-likeness (QED) is 0.213. The maximum absolute atomic E-state index is 12.9. The number of halogens is 3. The molecule has 2 heterocycles. The van der Waals surface area contributed by atoms with E-state index in [-0.39, 0.29) is 0 Å². The molecule has 6 rings (SSSR count). The highest BCUT2D eigenvalue weighted by Crippen LogP contribution is 2.32. The highest BCUT2D eigenvalue weighted by molar-refractivity contribution is 7.98. The van der Waals surface area contributed by atoms with E-state index in [0.29, 0.717) is 17.5 Å². The first-order valence-electron chi connectivity index (χ1n) is 11.7. The van der Waals surface area contributed by atoms with Crippen LogP contribution in [0.15, 0.2) is 108 Å². The van der Waals surface area contributed by atoms with Crippen molar-refractivity contribution in [3.05, 3.63) is 120 Å². The summed E-state index contributed by atoms with van der Waals surface area (Å²) in [4.78, 5) is 0. The fourth-order valence-corrected chi connectivity index (χ4v) is 5.51. The van der Waals surface area contributed by atoms with Crippen LogP contribution in [0.4, 0.5) is 13.2 Å². The predicted octanol–water partition coefficient (Wildman–Crippen LogP) is 7.73. The van der Waals surface area contributed by atoms with Gasteiger partial charge in [0.25, 0.3) is 0 Å². The van der Waals surface area contributed by atoms with Gasteiger partial charge in [0.15, 0.2) is 11.0 Å². The lowest BCUT2D eigenvalue weighted by molar-refractivity contribution is -0.137. The van der Waals surface area contributed by atoms with Crippen LogP contribution in [0.5, 0.6) is 0 Å². The lowest BCUT2D eigenvalue weighted by atomic mass is 10.1. The first-order chi connectivity index (χ1) is 18.0. The molecule has 0 unspecified atom stereocenters. The molecule has 8 heteroatoms. The molecule has 0 fully saturated rings. The molecule has 0 spiro atoms. The van der Waals surface area contributed by atoms with Crippen molar-refractivity contribution in [1.82, 2.24) is 19.3 Å². The van der Waals surface area contributed by atoms with Gasteiger partial charge in [-0.1, -0.05) is 78.5 Å². The van der Waals surface area contributed by atoms with E-state index < -0.39 is 11.7 Å². The summed E-state index contributed by atoms with van der Waals surface area (Å²) in [6, 6.07) is 31.8. The van der Waals surface area contributed by atoms with E-state index in [9.17, 15) is 13.2 Å². The van der Waals surface area contributed by atoms with Crippen molar-refractivity contribution in [3.8, 4) is 5.69 Å². The van der Waals surface area contributed by atoms with Gasteiger partial charge in [-0.15, -0.1) is 10.2 Å². The molecule has 0 aliphatic rings. The Hall–Kier alpha value is -4.04. The molecular weight excluding hydrogens is 493 g/mol. The molecule has 0 N–H and O–H groups in total. The molecule has 184 valence electrons.